The summed E-state index contributed by atoms with van der Waals surface area (Å²) in [7, 11) is -8.25. The van der Waals surface area contributed by atoms with Gasteiger partial charge >= 0.3 is 15.9 Å². The maximum absolute atomic E-state index is 15.5. The van der Waals surface area contributed by atoms with Gasteiger partial charge in [0.1, 0.15) is 54.3 Å². The molecule has 0 spiro atoms. The van der Waals surface area contributed by atoms with Crippen LogP contribution >= 0.6 is 15.9 Å². The number of imidazole rings is 2. The zero-order valence-electron chi connectivity index (χ0n) is 21.8. The first kappa shape index (κ1) is 29.6. The van der Waals surface area contributed by atoms with E-state index in [1.165, 1.54) is 28.1 Å². The molecule has 6 rings (SSSR count). The van der Waals surface area contributed by atoms with Crippen molar-refractivity contribution in [2.24, 2.45) is 0 Å². The molecule has 2 saturated heterocycles. The molecule has 0 bridgehead atoms. The molecule has 0 aliphatic carbocycles. The van der Waals surface area contributed by atoms with Crippen molar-refractivity contribution in [1.82, 2.24) is 39.0 Å². The zero-order valence-corrected chi connectivity index (χ0v) is 23.7. The molecule has 2 aliphatic heterocycles. The Balaban J connectivity index is 1.20. The second-order valence-electron chi connectivity index (χ2n) is 9.55. The predicted molar refractivity (Wildman–Crippen MR) is 144 cm³/mol. The second kappa shape index (κ2) is 11.6. The highest BCUT2D eigenvalue weighted by Gasteiger charge is 2.48. The molecule has 230 valence electrons. The number of aliphatic hydroxyl groups excluding tert-OH is 1. The number of anilines is 2. The number of fused-ring (bicyclic) bond motifs is 2. The summed E-state index contributed by atoms with van der Waals surface area (Å²) in [6, 6.07) is 0. The van der Waals surface area contributed by atoms with Crippen LogP contribution in [0.5, 0.6) is 0 Å². The van der Waals surface area contributed by atoms with Crippen molar-refractivity contribution in [3.8, 4) is 0 Å². The van der Waals surface area contributed by atoms with Crippen LogP contribution in [0.4, 0.5) is 16.0 Å². The maximum Gasteiger partial charge on any atom is 0.351 e. The van der Waals surface area contributed by atoms with Crippen LogP contribution < -0.4 is 11.5 Å². The number of nitrogen functional groups attached to an aromatic ring is 2. The van der Waals surface area contributed by atoms with Crippen LogP contribution in [-0.4, -0.2) is 91.1 Å². The lowest BCUT2D eigenvalue weighted by atomic mass is 10.1. The summed E-state index contributed by atoms with van der Waals surface area (Å²) in [5.74, 6) is 0.933. The largest absolute Gasteiger partial charge is 0.394 e. The number of aliphatic hydroxyl groups is 1. The molecular weight excluding hydrogens is 617 g/mol. The van der Waals surface area contributed by atoms with Gasteiger partial charge in [-0.15, -0.1) is 0 Å². The van der Waals surface area contributed by atoms with E-state index in [1.807, 2.05) is 0 Å². The minimum atomic E-state index is -4.60. The lowest BCUT2D eigenvalue weighted by molar-refractivity contribution is -0.0400. The highest BCUT2D eigenvalue weighted by atomic mass is 31.2. The highest BCUT2D eigenvalue weighted by molar-refractivity contribution is 7.56. The lowest BCUT2D eigenvalue weighted by Gasteiger charge is -2.19. The number of nitrogens with two attached hydrogens (primary N) is 2. The first-order valence-corrected chi connectivity index (χ1v) is 15.5. The van der Waals surface area contributed by atoms with Crippen LogP contribution in [0.25, 0.3) is 22.3 Å². The van der Waals surface area contributed by atoms with Gasteiger partial charge in [-0.2, -0.15) is 0 Å². The topological polar surface area (TPSA) is 271 Å². The van der Waals surface area contributed by atoms with E-state index < -0.39 is 65.5 Å². The minimum absolute atomic E-state index is 0.0183. The van der Waals surface area contributed by atoms with E-state index in [1.54, 1.807) is 0 Å². The third kappa shape index (κ3) is 5.64. The van der Waals surface area contributed by atoms with E-state index >= 15 is 4.39 Å². The third-order valence-electron chi connectivity index (χ3n) is 6.91. The summed E-state index contributed by atoms with van der Waals surface area (Å²) >= 11 is 0. The molecule has 4 aromatic heterocycles. The number of ether oxygens (including phenoxy) is 2. The van der Waals surface area contributed by atoms with Gasteiger partial charge in [-0.05, 0) is 6.08 Å². The molecule has 22 heteroatoms. The molecule has 2 fully saturated rings. The van der Waals surface area contributed by atoms with Crippen LogP contribution in [-0.2, 0) is 27.7 Å². The summed E-state index contributed by atoms with van der Waals surface area (Å²) < 4.78 is 64.7. The van der Waals surface area contributed by atoms with E-state index in [4.69, 9.17) is 30.0 Å². The minimum Gasteiger partial charge on any atom is -0.394 e. The average Bonchev–Trinajstić information content (AvgIpc) is 3.73. The molecule has 4 aromatic rings. The zero-order chi connectivity index (χ0) is 30.5. The van der Waals surface area contributed by atoms with Crippen molar-refractivity contribution in [2.75, 3.05) is 18.1 Å². The second-order valence-corrected chi connectivity index (χ2v) is 12.0. The molecule has 43 heavy (non-hydrogen) atoms. The molecule has 7 N–H and O–H groups in total. The van der Waals surface area contributed by atoms with E-state index in [9.17, 15) is 24.0 Å². The SMILES string of the molecule is Nc1ncnc2c1ncn2[C@@H]1O[C@H](/C=C/P(=O)(O)O[C@H]2C[C@H](n3cnc4c(N)ncnc43)O[C@@H]2CO)[C@@H](O[PH](=O)O)[C@H]1F. The van der Waals surface area contributed by atoms with E-state index in [-0.39, 0.29) is 29.2 Å². The van der Waals surface area contributed by atoms with Crippen LogP contribution in [0.3, 0.4) is 0 Å². The van der Waals surface area contributed by atoms with Crippen molar-refractivity contribution >= 4 is 49.8 Å². The summed E-state index contributed by atoms with van der Waals surface area (Å²) in [6.07, 6.45) is -3.38. The Kier molecular flexibility index (Phi) is 7.97. The number of halogens is 1. The van der Waals surface area contributed by atoms with Crippen LogP contribution in [0, 0.1) is 0 Å². The lowest BCUT2D eigenvalue weighted by Crippen LogP contribution is -2.29. The Morgan fingerprint density at radius 3 is 2.33 bits per heavy atom. The van der Waals surface area contributed by atoms with Crippen LogP contribution in [0.15, 0.2) is 37.2 Å². The molecular formula is C21H25FN10O9P2. The molecule has 9 atom stereocenters. The number of nitrogens with zero attached hydrogens (tertiary/aromatic N) is 8. The molecule has 2 aliphatic rings. The molecule has 0 amide bonds. The van der Waals surface area contributed by atoms with Crippen LogP contribution in [0.1, 0.15) is 18.9 Å². The van der Waals surface area contributed by atoms with Crippen molar-refractivity contribution in [1.29, 1.82) is 0 Å². The van der Waals surface area contributed by atoms with Gasteiger partial charge in [-0.1, -0.05) is 0 Å². The van der Waals surface area contributed by atoms with E-state index in [0.29, 0.717) is 11.2 Å². The van der Waals surface area contributed by atoms with Gasteiger partial charge in [-0.25, -0.2) is 34.3 Å². The third-order valence-corrected chi connectivity index (χ3v) is 8.51. The van der Waals surface area contributed by atoms with Crippen molar-refractivity contribution in [3.05, 3.63) is 37.2 Å². The van der Waals surface area contributed by atoms with Gasteiger partial charge < -0.3 is 40.4 Å². The fourth-order valence-electron chi connectivity index (χ4n) is 4.99. The van der Waals surface area contributed by atoms with Gasteiger partial charge in [0, 0.05) is 12.2 Å². The molecule has 0 saturated carbocycles. The summed E-state index contributed by atoms with van der Waals surface area (Å²) in [5.41, 5.74) is 12.6. The van der Waals surface area contributed by atoms with E-state index in [0.717, 1.165) is 18.2 Å². The molecule has 6 heterocycles. The quantitative estimate of drug-likeness (QED) is 0.152. The molecule has 19 nitrogen and oxygen atoms in total. The smallest absolute Gasteiger partial charge is 0.351 e. The summed E-state index contributed by atoms with van der Waals surface area (Å²) in [6.45, 7) is -0.542. The van der Waals surface area contributed by atoms with Crippen molar-refractivity contribution < 1.29 is 46.9 Å². The summed E-state index contributed by atoms with van der Waals surface area (Å²) in [5, 5.41) is 9.85. The Morgan fingerprint density at radius 1 is 1.07 bits per heavy atom. The first-order chi connectivity index (χ1) is 20.6. The Hall–Kier alpha value is -3.45. The van der Waals surface area contributed by atoms with Crippen molar-refractivity contribution in [3.63, 3.8) is 0 Å². The number of rotatable bonds is 9. The van der Waals surface area contributed by atoms with E-state index in [2.05, 4.69) is 29.9 Å². The predicted octanol–water partition coefficient (Wildman–Crippen LogP) is 0.197. The van der Waals surface area contributed by atoms with Gasteiger partial charge in [0.15, 0.2) is 35.3 Å². The maximum atomic E-state index is 15.5. The summed E-state index contributed by atoms with van der Waals surface area (Å²) in [4.78, 5) is 44.1. The monoisotopic (exact) mass is 642 g/mol. The van der Waals surface area contributed by atoms with Gasteiger partial charge in [0.2, 0.25) is 0 Å². The first-order valence-electron chi connectivity index (χ1n) is 12.6. The average molecular weight is 642 g/mol. The van der Waals surface area contributed by atoms with Crippen LogP contribution in [0.2, 0.25) is 0 Å². The highest BCUT2D eigenvalue weighted by Crippen LogP contribution is 2.50. The van der Waals surface area contributed by atoms with Gasteiger partial charge in [0.25, 0.3) is 0 Å². The molecule has 0 aromatic carbocycles. The van der Waals surface area contributed by atoms with Crippen molar-refractivity contribution in [2.45, 2.75) is 49.5 Å². The number of hydrogen-bond donors (Lipinski definition) is 5. The Morgan fingerprint density at radius 2 is 1.70 bits per heavy atom. The fourth-order valence-corrected chi connectivity index (χ4v) is 6.55. The normalized spacial score (nSPS) is 30.0. The molecule has 2 unspecified atom stereocenters. The van der Waals surface area contributed by atoms with Gasteiger partial charge in [-0.3, -0.25) is 22.8 Å². The number of hydrogen-bond acceptors (Lipinski definition) is 15. The standard InChI is InChI=1S/C21H25FN10O9P2/c22-13-16(40-42(34)35)9(39-21(13)32-8-30-15-18(24)26-6-28-20(15)32)1-2-43(36,37)41-10-3-12(38-11(10)4-33)31-7-29-14-17(23)25-5-27-19(14)31/h1-2,5-13,16,21,33,42H,3-4H2,(H,34,35)(H,36,37)(H2,23,25,27)(H2,24,26,28)/b2-1+/t9-,10+,11-,12-,13-,16-,21-/m1/s1. The Bertz CT molecular complexity index is 1760. The van der Waals surface area contributed by atoms with Gasteiger partial charge in [0.05, 0.1) is 19.3 Å². The number of alkyl halides is 1. The fraction of sp³-hybridized carbons (Fsp3) is 0.429. The molecule has 0 radical (unpaired) electrons. The Labute approximate surface area is 240 Å². The number of aromatic nitrogens is 8.